The molecule has 1 aliphatic rings. The van der Waals surface area contributed by atoms with Crippen molar-refractivity contribution in [3.63, 3.8) is 0 Å². The number of piperidine rings is 1. The predicted molar refractivity (Wildman–Crippen MR) is 119 cm³/mol. The van der Waals surface area contributed by atoms with E-state index < -0.39 is 0 Å². The number of pyridine rings is 2. The summed E-state index contributed by atoms with van der Waals surface area (Å²) in [5.74, 6) is 1.20. The summed E-state index contributed by atoms with van der Waals surface area (Å²) < 4.78 is 2.05. The zero-order chi connectivity index (χ0) is 20.5. The van der Waals surface area contributed by atoms with Crippen molar-refractivity contribution in [1.29, 1.82) is 0 Å². The molecule has 1 fully saturated rings. The number of fused-ring (bicyclic) bond motifs is 1. The molecule has 30 heavy (non-hydrogen) atoms. The molecule has 1 aromatic carbocycles. The second kappa shape index (κ2) is 7.85. The average Bonchev–Trinajstić information content (AvgIpc) is 3.15. The highest BCUT2D eigenvalue weighted by molar-refractivity contribution is 5.82. The van der Waals surface area contributed by atoms with E-state index in [4.69, 9.17) is 16.5 Å². The van der Waals surface area contributed by atoms with Crippen molar-refractivity contribution in [3.05, 3.63) is 66.5 Å². The lowest BCUT2D eigenvalue weighted by molar-refractivity contribution is 0.205. The minimum atomic E-state index is 0.351. The summed E-state index contributed by atoms with van der Waals surface area (Å²) in [6.07, 6.45) is 5.61. The smallest absolute Gasteiger partial charge is 0.164 e. The third kappa shape index (κ3) is 3.53. The van der Waals surface area contributed by atoms with Gasteiger partial charge in [-0.25, -0.2) is 15.0 Å². The van der Waals surface area contributed by atoms with Gasteiger partial charge < -0.3 is 11.5 Å². The monoisotopic (exact) mass is 399 g/mol. The first kappa shape index (κ1) is 18.7. The molecule has 0 saturated carbocycles. The number of nitrogens with zero attached hydrogens (tertiary/aromatic N) is 5. The van der Waals surface area contributed by atoms with Gasteiger partial charge in [-0.3, -0.25) is 9.47 Å². The van der Waals surface area contributed by atoms with Gasteiger partial charge in [0.2, 0.25) is 0 Å². The molecular weight excluding hydrogens is 374 g/mol. The molecule has 1 aliphatic heterocycles. The van der Waals surface area contributed by atoms with Crippen LogP contribution in [-0.2, 0) is 6.54 Å². The van der Waals surface area contributed by atoms with Crippen LogP contribution in [0.4, 0.5) is 5.82 Å². The van der Waals surface area contributed by atoms with Crippen LogP contribution >= 0.6 is 0 Å². The molecule has 0 bridgehead atoms. The molecule has 1 saturated heterocycles. The Morgan fingerprint density at radius 2 is 1.67 bits per heavy atom. The van der Waals surface area contributed by atoms with Crippen molar-refractivity contribution in [2.75, 3.05) is 18.8 Å². The molecule has 7 heteroatoms. The van der Waals surface area contributed by atoms with Crippen LogP contribution in [0.3, 0.4) is 0 Å². The van der Waals surface area contributed by atoms with Crippen LogP contribution < -0.4 is 11.5 Å². The Morgan fingerprint density at radius 1 is 0.933 bits per heavy atom. The Labute approximate surface area is 175 Å². The maximum absolute atomic E-state index is 6.16. The molecule has 7 nitrogen and oxygen atoms in total. The molecule has 0 spiro atoms. The molecule has 0 radical (unpaired) electrons. The fraction of sp³-hybridized carbons (Fsp3) is 0.261. The molecule has 0 unspecified atom stereocenters. The number of hydrogen-bond donors (Lipinski definition) is 2. The summed E-state index contributed by atoms with van der Waals surface area (Å²) in [6.45, 7) is 3.06. The minimum Gasteiger partial charge on any atom is -0.383 e. The van der Waals surface area contributed by atoms with E-state index in [0.29, 0.717) is 11.9 Å². The van der Waals surface area contributed by atoms with Crippen molar-refractivity contribution in [3.8, 4) is 17.1 Å². The lowest BCUT2D eigenvalue weighted by Gasteiger charge is -2.30. The van der Waals surface area contributed by atoms with E-state index in [1.165, 1.54) is 5.56 Å². The molecule has 3 aromatic heterocycles. The fourth-order valence-corrected chi connectivity index (χ4v) is 4.06. The first-order chi connectivity index (χ1) is 14.7. The van der Waals surface area contributed by atoms with Crippen LogP contribution in [-0.4, -0.2) is 43.6 Å². The van der Waals surface area contributed by atoms with E-state index >= 15 is 0 Å². The Kier molecular flexibility index (Phi) is 4.90. The van der Waals surface area contributed by atoms with Crippen molar-refractivity contribution in [2.45, 2.75) is 25.4 Å². The summed E-state index contributed by atoms with van der Waals surface area (Å²) in [7, 11) is 0. The molecule has 4 N–H and O–H groups in total. The maximum atomic E-state index is 6.16. The highest BCUT2D eigenvalue weighted by Crippen LogP contribution is 2.30. The van der Waals surface area contributed by atoms with Crippen molar-refractivity contribution in [2.24, 2.45) is 5.73 Å². The number of anilines is 1. The Hall–Kier alpha value is -3.29. The van der Waals surface area contributed by atoms with Crippen LogP contribution in [0.1, 0.15) is 18.4 Å². The molecule has 0 amide bonds. The van der Waals surface area contributed by atoms with Crippen LogP contribution in [0, 0.1) is 0 Å². The van der Waals surface area contributed by atoms with Gasteiger partial charge in [-0.05, 0) is 67.9 Å². The number of nitrogen functional groups attached to an aromatic ring is 1. The molecule has 4 aromatic rings. The van der Waals surface area contributed by atoms with Crippen LogP contribution in [0.2, 0.25) is 0 Å². The van der Waals surface area contributed by atoms with E-state index in [1.54, 1.807) is 12.4 Å². The number of nitrogens with two attached hydrogens (primary N) is 2. The van der Waals surface area contributed by atoms with E-state index in [2.05, 4.69) is 39.1 Å². The number of imidazole rings is 1. The lowest BCUT2D eigenvalue weighted by Crippen LogP contribution is -2.39. The molecule has 152 valence electrons. The lowest BCUT2D eigenvalue weighted by atomic mass is 10.1. The highest BCUT2D eigenvalue weighted by Gasteiger charge is 2.18. The van der Waals surface area contributed by atoms with Gasteiger partial charge >= 0.3 is 0 Å². The SMILES string of the molecule is Nc1ncccc1-c1nc2cccnc2n1-c1ccc(CN2CCC(N)CC2)cc1. The summed E-state index contributed by atoms with van der Waals surface area (Å²) >= 11 is 0. The summed E-state index contributed by atoms with van der Waals surface area (Å²) in [5, 5.41) is 0. The number of likely N-dealkylation sites (tertiary alicyclic amines) is 1. The van der Waals surface area contributed by atoms with Crippen molar-refractivity contribution < 1.29 is 0 Å². The quantitative estimate of drug-likeness (QED) is 0.547. The van der Waals surface area contributed by atoms with Gasteiger partial charge in [0.05, 0.1) is 5.56 Å². The number of aromatic nitrogens is 4. The van der Waals surface area contributed by atoms with Crippen LogP contribution in [0.5, 0.6) is 0 Å². The van der Waals surface area contributed by atoms with Gasteiger partial charge in [0, 0.05) is 30.7 Å². The summed E-state index contributed by atoms with van der Waals surface area (Å²) in [6, 6.07) is 16.6. The fourth-order valence-electron chi connectivity index (χ4n) is 4.06. The second-order valence-electron chi connectivity index (χ2n) is 7.83. The molecule has 0 aliphatic carbocycles. The minimum absolute atomic E-state index is 0.351. The van der Waals surface area contributed by atoms with E-state index in [9.17, 15) is 0 Å². The first-order valence-corrected chi connectivity index (χ1v) is 10.3. The first-order valence-electron chi connectivity index (χ1n) is 10.3. The van der Waals surface area contributed by atoms with Crippen molar-refractivity contribution >= 4 is 17.0 Å². The van der Waals surface area contributed by atoms with E-state index in [-0.39, 0.29) is 0 Å². The van der Waals surface area contributed by atoms with Gasteiger partial charge in [0.1, 0.15) is 11.3 Å². The molecule has 4 heterocycles. The third-order valence-electron chi connectivity index (χ3n) is 5.73. The zero-order valence-electron chi connectivity index (χ0n) is 16.8. The zero-order valence-corrected chi connectivity index (χ0v) is 16.8. The van der Waals surface area contributed by atoms with E-state index in [1.807, 2.05) is 28.8 Å². The van der Waals surface area contributed by atoms with Gasteiger partial charge in [-0.15, -0.1) is 0 Å². The second-order valence-corrected chi connectivity index (χ2v) is 7.83. The van der Waals surface area contributed by atoms with Gasteiger partial charge in [-0.1, -0.05) is 12.1 Å². The Bertz CT molecular complexity index is 1160. The third-order valence-corrected chi connectivity index (χ3v) is 5.73. The predicted octanol–water partition coefficient (Wildman–Crippen LogP) is 2.99. The van der Waals surface area contributed by atoms with Gasteiger partial charge in [-0.2, -0.15) is 0 Å². The average molecular weight is 400 g/mol. The van der Waals surface area contributed by atoms with Crippen LogP contribution in [0.15, 0.2) is 60.9 Å². The molecule has 5 rings (SSSR count). The number of hydrogen-bond acceptors (Lipinski definition) is 6. The van der Waals surface area contributed by atoms with Crippen LogP contribution in [0.25, 0.3) is 28.2 Å². The summed E-state index contributed by atoms with van der Waals surface area (Å²) in [5.41, 5.74) is 16.9. The standard InChI is InChI=1S/C23H25N7/c24-17-9-13-29(14-10-17)15-16-5-7-18(8-6-16)30-22(19-3-1-11-26-21(19)25)28-20-4-2-12-27-23(20)30/h1-8,11-12,17H,9-10,13-15,24H2,(H2,25,26). The van der Waals surface area contributed by atoms with Gasteiger partial charge in [0.25, 0.3) is 0 Å². The Balaban J connectivity index is 1.51. The topological polar surface area (TPSA) is 98.9 Å². The number of rotatable bonds is 4. The van der Waals surface area contributed by atoms with Gasteiger partial charge in [0.15, 0.2) is 11.5 Å². The molecular formula is C23H25N7. The highest BCUT2D eigenvalue weighted by atomic mass is 15.1. The number of benzene rings is 1. The summed E-state index contributed by atoms with van der Waals surface area (Å²) in [4.78, 5) is 16.1. The normalized spacial score (nSPS) is 15.6. The molecule has 0 atom stereocenters. The Morgan fingerprint density at radius 3 is 2.43 bits per heavy atom. The maximum Gasteiger partial charge on any atom is 0.164 e. The van der Waals surface area contributed by atoms with Crippen molar-refractivity contribution in [1.82, 2.24) is 24.4 Å². The largest absolute Gasteiger partial charge is 0.383 e. The van der Waals surface area contributed by atoms with E-state index in [0.717, 1.165) is 60.7 Å².